The summed E-state index contributed by atoms with van der Waals surface area (Å²) in [6.07, 6.45) is 1.96. The lowest BCUT2D eigenvalue weighted by molar-refractivity contribution is 0.0696. The van der Waals surface area contributed by atoms with Gasteiger partial charge in [0.2, 0.25) is 0 Å². The summed E-state index contributed by atoms with van der Waals surface area (Å²) in [5.74, 6) is -0.406. The molecule has 1 aromatic heterocycles. The summed E-state index contributed by atoms with van der Waals surface area (Å²) >= 11 is 0. The Bertz CT molecular complexity index is 403. The maximum absolute atomic E-state index is 11.0. The number of rotatable bonds is 2. The molecule has 1 saturated heterocycles. The first-order valence-corrected chi connectivity index (χ1v) is 5.58. The average Bonchev–Trinajstić information content (AvgIpc) is 2.58. The molecular weight excluding hydrogens is 206 g/mol. The lowest BCUT2D eigenvalue weighted by Gasteiger charge is -2.22. The van der Waals surface area contributed by atoms with Gasteiger partial charge in [-0.05, 0) is 25.8 Å². The highest BCUT2D eigenvalue weighted by Crippen LogP contribution is 2.29. The van der Waals surface area contributed by atoms with Gasteiger partial charge in [-0.3, -0.25) is 0 Å². The molecule has 16 heavy (non-hydrogen) atoms. The zero-order valence-electron chi connectivity index (χ0n) is 9.69. The highest BCUT2D eigenvalue weighted by Gasteiger charge is 2.22. The number of aromatic carboxylic acids is 1. The third-order valence-corrected chi connectivity index (χ3v) is 3.44. The third-order valence-electron chi connectivity index (χ3n) is 3.44. The summed E-state index contributed by atoms with van der Waals surface area (Å²) in [6, 6.07) is 1.81. The molecule has 1 fully saturated rings. The minimum atomic E-state index is -0.841. The Labute approximate surface area is 94.8 Å². The molecule has 0 aromatic carbocycles. The number of nitrogens with zero attached hydrogens (tertiary/aromatic N) is 1. The Morgan fingerprint density at radius 1 is 1.50 bits per heavy atom. The van der Waals surface area contributed by atoms with E-state index in [0.29, 0.717) is 11.5 Å². The van der Waals surface area contributed by atoms with Crippen molar-refractivity contribution in [2.45, 2.75) is 25.7 Å². The predicted molar refractivity (Wildman–Crippen MR) is 59.9 cm³/mol. The van der Waals surface area contributed by atoms with Gasteiger partial charge in [0.15, 0.2) is 0 Å². The second kappa shape index (κ2) is 4.29. The highest BCUT2D eigenvalue weighted by atomic mass is 16.5. The van der Waals surface area contributed by atoms with Crippen LogP contribution in [0.4, 0.5) is 0 Å². The summed E-state index contributed by atoms with van der Waals surface area (Å²) in [5, 5.41) is 9.06. The van der Waals surface area contributed by atoms with Gasteiger partial charge in [-0.2, -0.15) is 0 Å². The topological polar surface area (TPSA) is 51.5 Å². The number of ether oxygens (including phenoxy) is 1. The van der Waals surface area contributed by atoms with Crippen molar-refractivity contribution in [1.29, 1.82) is 0 Å². The van der Waals surface area contributed by atoms with E-state index in [4.69, 9.17) is 9.84 Å². The van der Waals surface area contributed by atoms with Gasteiger partial charge in [-0.15, -0.1) is 0 Å². The number of aromatic nitrogens is 1. The average molecular weight is 223 g/mol. The van der Waals surface area contributed by atoms with Crippen LogP contribution in [0.5, 0.6) is 0 Å². The Balaban J connectivity index is 2.33. The van der Waals surface area contributed by atoms with Crippen LogP contribution in [0.15, 0.2) is 6.07 Å². The molecule has 0 saturated carbocycles. The normalized spacial score (nSPS) is 17.6. The molecule has 0 spiro atoms. The second-order valence-corrected chi connectivity index (χ2v) is 4.32. The molecule has 0 bridgehead atoms. The first kappa shape index (κ1) is 11.2. The molecule has 88 valence electrons. The monoisotopic (exact) mass is 223 g/mol. The molecule has 0 unspecified atom stereocenters. The third kappa shape index (κ3) is 1.85. The van der Waals surface area contributed by atoms with Crippen molar-refractivity contribution in [3.05, 3.63) is 23.0 Å². The van der Waals surface area contributed by atoms with E-state index in [1.54, 1.807) is 0 Å². The standard InChI is InChI=1S/C12H17NO3/c1-8-10(12(14)15)7-11(13(8)2)9-3-5-16-6-4-9/h7,9H,3-6H2,1-2H3,(H,14,15). The predicted octanol–water partition coefficient (Wildman–Crippen LogP) is 1.93. The summed E-state index contributed by atoms with van der Waals surface area (Å²) < 4.78 is 7.32. The van der Waals surface area contributed by atoms with Gasteiger partial charge >= 0.3 is 5.97 Å². The summed E-state index contributed by atoms with van der Waals surface area (Å²) in [6.45, 7) is 3.40. The van der Waals surface area contributed by atoms with E-state index in [9.17, 15) is 4.79 Å². The zero-order valence-corrected chi connectivity index (χ0v) is 9.69. The molecule has 1 N–H and O–H groups in total. The Hall–Kier alpha value is -1.29. The lowest BCUT2D eigenvalue weighted by Crippen LogP contribution is -2.16. The van der Waals surface area contributed by atoms with Gasteiger partial charge in [0.1, 0.15) is 0 Å². The maximum Gasteiger partial charge on any atom is 0.337 e. The number of carboxylic acid groups (broad SMARTS) is 1. The van der Waals surface area contributed by atoms with Gasteiger partial charge in [0.25, 0.3) is 0 Å². The molecular formula is C12H17NO3. The second-order valence-electron chi connectivity index (χ2n) is 4.32. The first-order chi connectivity index (χ1) is 7.61. The van der Waals surface area contributed by atoms with Gasteiger partial charge in [-0.25, -0.2) is 4.79 Å². The van der Waals surface area contributed by atoms with E-state index in [1.807, 2.05) is 24.6 Å². The van der Waals surface area contributed by atoms with Crippen molar-refractivity contribution in [2.75, 3.05) is 13.2 Å². The van der Waals surface area contributed by atoms with Gasteiger partial charge in [-0.1, -0.05) is 0 Å². The molecule has 4 heteroatoms. The van der Waals surface area contributed by atoms with Crippen LogP contribution < -0.4 is 0 Å². The van der Waals surface area contributed by atoms with Crippen LogP contribution in [0.1, 0.15) is 40.5 Å². The van der Waals surface area contributed by atoms with Crippen molar-refractivity contribution in [3.8, 4) is 0 Å². The molecule has 1 aliphatic heterocycles. The Morgan fingerprint density at radius 2 is 2.12 bits per heavy atom. The molecule has 1 aliphatic rings. The van der Waals surface area contributed by atoms with Crippen LogP contribution >= 0.6 is 0 Å². The fourth-order valence-electron chi connectivity index (χ4n) is 2.33. The fraction of sp³-hybridized carbons (Fsp3) is 0.583. The van der Waals surface area contributed by atoms with Crippen molar-refractivity contribution in [1.82, 2.24) is 4.57 Å². The molecule has 0 radical (unpaired) electrons. The van der Waals surface area contributed by atoms with Gasteiger partial charge in [0, 0.05) is 37.6 Å². The number of hydrogen-bond acceptors (Lipinski definition) is 2. The van der Waals surface area contributed by atoms with Crippen molar-refractivity contribution in [3.63, 3.8) is 0 Å². The van der Waals surface area contributed by atoms with E-state index in [1.165, 1.54) is 0 Å². The molecule has 0 aliphatic carbocycles. The number of hydrogen-bond donors (Lipinski definition) is 1. The maximum atomic E-state index is 11.0. The minimum Gasteiger partial charge on any atom is -0.478 e. The molecule has 2 rings (SSSR count). The lowest BCUT2D eigenvalue weighted by atomic mass is 9.96. The smallest absolute Gasteiger partial charge is 0.337 e. The van der Waals surface area contributed by atoms with Crippen LogP contribution in [0.2, 0.25) is 0 Å². The minimum absolute atomic E-state index is 0.420. The summed E-state index contributed by atoms with van der Waals surface area (Å²) in [5.41, 5.74) is 2.37. The molecule has 0 atom stereocenters. The first-order valence-electron chi connectivity index (χ1n) is 5.58. The SMILES string of the molecule is Cc1c(C(=O)O)cc(C2CCOCC2)n1C. The van der Waals surface area contributed by atoms with Gasteiger partial charge in [0.05, 0.1) is 5.56 Å². The van der Waals surface area contributed by atoms with E-state index >= 15 is 0 Å². The Morgan fingerprint density at radius 3 is 2.62 bits per heavy atom. The summed E-state index contributed by atoms with van der Waals surface area (Å²) in [7, 11) is 1.94. The van der Waals surface area contributed by atoms with E-state index < -0.39 is 5.97 Å². The van der Waals surface area contributed by atoms with Crippen molar-refractivity contribution < 1.29 is 14.6 Å². The van der Waals surface area contributed by atoms with Crippen LogP contribution in [-0.2, 0) is 11.8 Å². The van der Waals surface area contributed by atoms with Crippen molar-refractivity contribution >= 4 is 5.97 Å². The molecule has 1 aromatic rings. The molecule has 2 heterocycles. The quantitative estimate of drug-likeness (QED) is 0.833. The van der Waals surface area contributed by atoms with Crippen LogP contribution in [0, 0.1) is 6.92 Å². The van der Waals surface area contributed by atoms with E-state index in [-0.39, 0.29) is 0 Å². The Kier molecular flexibility index (Phi) is 3.01. The number of carboxylic acids is 1. The molecule has 0 amide bonds. The largest absolute Gasteiger partial charge is 0.478 e. The van der Waals surface area contributed by atoms with E-state index in [0.717, 1.165) is 37.4 Å². The summed E-state index contributed by atoms with van der Waals surface area (Å²) in [4.78, 5) is 11.0. The zero-order chi connectivity index (χ0) is 11.7. The van der Waals surface area contributed by atoms with Gasteiger partial charge < -0.3 is 14.4 Å². The molecule has 4 nitrogen and oxygen atoms in total. The fourth-order valence-corrected chi connectivity index (χ4v) is 2.33. The van der Waals surface area contributed by atoms with E-state index in [2.05, 4.69) is 0 Å². The van der Waals surface area contributed by atoms with Crippen LogP contribution in [0.25, 0.3) is 0 Å². The van der Waals surface area contributed by atoms with Crippen LogP contribution in [0.3, 0.4) is 0 Å². The number of carbonyl (C=O) groups is 1. The van der Waals surface area contributed by atoms with Crippen LogP contribution in [-0.4, -0.2) is 28.9 Å². The highest BCUT2D eigenvalue weighted by molar-refractivity contribution is 5.89. The van der Waals surface area contributed by atoms with Crippen molar-refractivity contribution in [2.24, 2.45) is 7.05 Å².